The molecule has 160 valence electrons. The van der Waals surface area contributed by atoms with E-state index in [0.29, 0.717) is 42.0 Å². The van der Waals surface area contributed by atoms with Gasteiger partial charge in [0.05, 0.1) is 19.8 Å². The second-order valence-corrected chi connectivity index (χ2v) is 8.30. The maximum Gasteiger partial charge on any atom is 0.194 e. The molecule has 0 heterocycles. The molecular weight excluding hydrogens is 430 g/mol. The normalized spacial score (nSPS) is 12.0. The van der Waals surface area contributed by atoms with E-state index in [1.807, 2.05) is 36.4 Å². The average Bonchev–Trinajstić information content (AvgIpc) is 2.80. The maximum absolute atomic E-state index is 12.7. The topological polar surface area (TPSA) is 89.6 Å². The number of benzene rings is 3. The number of fused-ring (bicyclic) bond motifs is 2. The molecule has 31 heavy (non-hydrogen) atoms. The molecule has 0 aromatic heterocycles. The van der Waals surface area contributed by atoms with Crippen LogP contribution >= 0.6 is 24.4 Å². The Labute approximate surface area is 191 Å². The van der Waals surface area contributed by atoms with Gasteiger partial charge in [0.15, 0.2) is 11.6 Å². The van der Waals surface area contributed by atoms with Crippen LogP contribution in [0.15, 0.2) is 81.4 Å². The van der Waals surface area contributed by atoms with Crippen molar-refractivity contribution in [1.82, 2.24) is 0 Å². The molecule has 1 aliphatic carbocycles. The van der Waals surface area contributed by atoms with Gasteiger partial charge >= 0.3 is 0 Å². The first kappa shape index (κ1) is 23.2. The lowest BCUT2D eigenvalue weighted by Gasteiger charge is -2.17. The van der Waals surface area contributed by atoms with Crippen LogP contribution in [0.3, 0.4) is 0 Å². The highest BCUT2D eigenvalue weighted by Gasteiger charge is 2.29. The van der Waals surface area contributed by atoms with Gasteiger partial charge in [-0.2, -0.15) is 0 Å². The fraction of sp³-hybridized carbons (Fsp3) is 0.167. The summed E-state index contributed by atoms with van der Waals surface area (Å²) in [5.74, 6) is -0.176. The van der Waals surface area contributed by atoms with Gasteiger partial charge in [0.25, 0.3) is 0 Å². The summed E-state index contributed by atoms with van der Waals surface area (Å²) in [7, 11) is 0. The number of ether oxygens (including phenoxy) is 1. The van der Waals surface area contributed by atoms with Crippen molar-refractivity contribution in [1.29, 1.82) is 0 Å². The van der Waals surface area contributed by atoms with Gasteiger partial charge < -0.3 is 15.6 Å². The van der Waals surface area contributed by atoms with Crippen LogP contribution in [-0.4, -0.2) is 43.0 Å². The molecule has 0 atom stereocenters. The van der Waals surface area contributed by atoms with Crippen molar-refractivity contribution in [2.45, 2.75) is 14.7 Å². The number of carbonyl (C=O) groups is 2. The summed E-state index contributed by atoms with van der Waals surface area (Å²) in [6, 6.07) is 20.2. The molecule has 5 nitrogen and oxygen atoms in total. The first-order chi connectivity index (χ1) is 15.0. The molecule has 0 radical (unpaired) electrons. The second-order valence-electron chi connectivity index (χ2n) is 6.63. The molecule has 0 bridgehead atoms. The third-order valence-corrected chi connectivity index (χ3v) is 5.76. The highest BCUT2D eigenvalue weighted by Crippen LogP contribution is 2.33. The summed E-state index contributed by atoms with van der Waals surface area (Å²) in [6.07, 6.45) is 0. The van der Waals surface area contributed by atoms with Gasteiger partial charge in [-0.1, -0.05) is 36.0 Å². The Balaban J connectivity index is 0.000000339. The molecule has 4 rings (SSSR count). The van der Waals surface area contributed by atoms with Gasteiger partial charge in [0, 0.05) is 43.5 Å². The van der Waals surface area contributed by atoms with Crippen molar-refractivity contribution in [2.75, 3.05) is 26.4 Å². The number of aliphatic hydroxyl groups excluding tert-OH is 1. The molecule has 3 aromatic carbocycles. The van der Waals surface area contributed by atoms with Gasteiger partial charge in [-0.3, -0.25) is 9.59 Å². The monoisotopic (exact) mass is 453 g/mol. The Morgan fingerprint density at radius 3 is 2.00 bits per heavy atom. The number of aliphatic hydroxyl groups is 1. The zero-order valence-corrected chi connectivity index (χ0v) is 18.5. The third-order valence-electron chi connectivity index (χ3n) is 4.47. The predicted octanol–water partition coefficient (Wildman–Crippen LogP) is 3.86. The SMILES string of the molecule is NCCOCCO.O=C1c2ccccc2C(=O)c2cc(Sc3ccc(S)cc3)ccc21. The van der Waals surface area contributed by atoms with E-state index >= 15 is 0 Å². The van der Waals surface area contributed by atoms with Gasteiger partial charge in [-0.25, -0.2) is 0 Å². The number of ketones is 2. The largest absolute Gasteiger partial charge is 0.394 e. The molecule has 0 saturated heterocycles. The van der Waals surface area contributed by atoms with E-state index in [-0.39, 0.29) is 18.2 Å². The Bertz CT molecular complexity index is 1060. The molecule has 0 unspecified atom stereocenters. The predicted molar refractivity (Wildman–Crippen MR) is 125 cm³/mol. The van der Waals surface area contributed by atoms with E-state index in [4.69, 9.17) is 15.6 Å². The molecule has 0 fully saturated rings. The van der Waals surface area contributed by atoms with Crippen LogP contribution in [0, 0.1) is 0 Å². The van der Waals surface area contributed by atoms with Crippen LogP contribution in [0.5, 0.6) is 0 Å². The summed E-state index contributed by atoms with van der Waals surface area (Å²) in [5, 5.41) is 8.13. The first-order valence-electron chi connectivity index (χ1n) is 9.73. The number of hydrogen-bond acceptors (Lipinski definition) is 7. The average molecular weight is 454 g/mol. The van der Waals surface area contributed by atoms with E-state index in [2.05, 4.69) is 12.6 Å². The molecule has 0 spiro atoms. The zero-order valence-electron chi connectivity index (χ0n) is 16.8. The minimum absolute atomic E-state index is 0.0833. The summed E-state index contributed by atoms with van der Waals surface area (Å²) in [5.41, 5.74) is 6.99. The van der Waals surface area contributed by atoms with E-state index in [1.54, 1.807) is 42.1 Å². The summed E-state index contributed by atoms with van der Waals surface area (Å²) < 4.78 is 4.76. The van der Waals surface area contributed by atoms with Crippen molar-refractivity contribution < 1.29 is 19.4 Å². The van der Waals surface area contributed by atoms with Crippen LogP contribution in [0.1, 0.15) is 31.8 Å². The van der Waals surface area contributed by atoms with Gasteiger partial charge in [-0.15, -0.1) is 12.6 Å². The van der Waals surface area contributed by atoms with Gasteiger partial charge in [0.1, 0.15) is 0 Å². The minimum atomic E-state index is -0.0895. The Hall–Kier alpha value is -2.42. The molecule has 0 amide bonds. The van der Waals surface area contributed by atoms with E-state index in [9.17, 15) is 9.59 Å². The summed E-state index contributed by atoms with van der Waals surface area (Å²) in [4.78, 5) is 28.2. The Morgan fingerprint density at radius 2 is 1.39 bits per heavy atom. The number of rotatable bonds is 6. The molecule has 3 aromatic rings. The number of hydrogen-bond donors (Lipinski definition) is 3. The molecule has 0 saturated carbocycles. The molecule has 0 aliphatic heterocycles. The fourth-order valence-electron chi connectivity index (χ4n) is 3.04. The molecule has 3 N–H and O–H groups in total. The lowest BCUT2D eigenvalue weighted by Crippen LogP contribution is -2.20. The van der Waals surface area contributed by atoms with E-state index in [1.165, 1.54) is 0 Å². The summed E-state index contributed by atoms with van der Waals surface area (Å²) >= 11 is 5.84. The van der Waals surface area contributed by atoms with Crippen LogP contribution in [-0.2, 0) is 4.74 Å². The van der Waals surface area contributed by atoms with Gasteiger partial charge in [-0.05, 0) is 42.5 Å². The van der Waals surface area contributed by atoms with E-state index in [0.717, 1.165) is 14.7 Å². The number of nitrogens with two attached hydrogens (primary N) is 1. The number of thiol groups is 1. The van der Waals surface area contributed by atoms with E-state index < -0.39 is 0 Å². The lowest BCUT2D eigenvalue weighted by atomic mass is 9.84. The Kier molecular flexibility index (Phi) is 8.45. The first-order valence-corrected chi connectivity index (χ1v) is 11.0. The molecular formula is C24H23NO4S2. The van der Waals surface area contributed by atoms with Crippen molar-refractivity contribution in [3.8, 4) is 0 Å². The molecule has 1 aliphatic rings. The van der Waals surface area contributed by atoms with Gasteiger partial charge in [0.2, 0.25) is 0 Å². The highest BCUT2D eigenvalue weighted by atomic mass is 32.2. The minimum Gasteiger partial charge on any atom is -0.394 e. The van der Waals surface area contributed by atoms with Crippen LogP contribution < -0.4 is 5.73 Å². The highest BCUT2D eigenvalue weighted by molar-refractivity contribution is 7.99. The van der Waals surface area contributed by atoms with Crippen LogP contribution in [0.25, 0.3) is 0 Å². The summed E-state index contributed by atoms with van der Waals surface area (Å²) in [6.45, 7) is 1.55. The molecule has 7 heteroatoms. The van der Waals surface area contributed by atoms with Crippen molar-refractivity contribution >= 4 is 36.0 Å². The van der Waals surface area contributed by atoms with Crippen LogP contribution in [0.2, 0.25) is 0 Å². The lowest BCUT2D eigenvalue weighted by molar-refractivity contribution is 0.0976. The second kappa shape index (κ2) is 11.3. The third kappa shape index (κ3) is 5.84. The zero-order chi connectivity index (χ0) is 22.2. The van der Waals surface area contributed by atoms with Crippen molar-refractivity contribution in [2.24, 2.45) is 5.73 Å². The van der Waals surface area contributed by atoms with Crippen molar-refractivity contribution in [3.05, 3.63) is 89.0 Å². The quantitative estimate of drug-likeness (QED) is 0.303. The standard InChI is InChI=1S/C20H12O2S2.C4H11NO2/c21-19-15-3-1-2-4-16(15)20(22)18-11-14(9-10-17(18)19)24-13-7-5-12(23)6-8-13;5-1-3-7-4-2-6/h1-11,23H;6H,1-5H2. The fourth-order valence-corrected chi connectivity index (χ4v) is 4.05. The van der Waals surface area contributed by atoms with Crippen molar-refractivity contribution in [3.63, 3.8) is 0 Å². The Morgan fingerprint density at radius 1 is 0.806 bits per heavy atom. The smallest absolute Gasteiger partial charge is 0.194 e. The van der Waals surface area contributed by atoms with Crippen LogP contribution in [0.4, 0.5) is 0 Å². The number of carbonyl (C=O) groups excluding carboxylic acids is 2. The maximum atomic E-state index is 12.7.